The van der Waals surface area contributed by atoms with E-state index in [9.17, 15) is 8.42 Å². The molecule has 0 atom stereocenters. The van der Waals surface area contributed by atoms with Crippen molar-refractivity contribution in [1.29, 1.82) is 0 Å². The predicted octanol–water partition coefficient (Wildman–Crippen LogP) is 1.93. The molecule has 1 aromatic carbocycles. The minimum atomic E-state index is -3.41. The van der Waals surface area contributed by atoms with E-state index in [4.69, 9.17) is 0 Å². The van der Waals surface area contributed by atoms with Gasteiger partial charge in [-0.15, -0.1) is 0 Å². The van der Waals surface area contributed by atoms with Crippen LogP contribution in [0.3, 0.4) is 0 Å². The first-order valence-electron chi connectivity index (χ1n) is 6.74. The summed E-state index contributed by atoms with van der Waals surface area (Å²) in [7, 11) is -3.41. The summed E-state index contributed by atoms with van der Waals surface area (Å²) < 4.78 is 27.1. The fourth-order valence-corrected chi connectivity index (χ4v) is 3.60. The van der Waals surface area contributed by atoms with Crippen LogP contribution in [-0.4, -0.2) is 20.5 Å². The molecule has 0 saturated heterocycles. The molecule has 2 N–H and O–H groups in total. The molecule has 0 aromatic heterocycles. The van der Waals surface area contributed by atoms with E-state index in [1.54, 1.807) is 6.07 Å². The van der Waals surface area contributed by atoms with Crippen LogP contribution in [0.2, 0.25) is 0 Å². The maximum atomic E-state index is 12.2. The Morgan fingerprint density at radius 1 is 1.32 bits per heavy atom. The molecular weight excluding hydrogens is 260 g/mol. The normalized spacial score (nSPS) is 16.0. The second kappa shape index (κ2) is 5.61. The third-order valence-corrected chi connectivity index (χ3v) is 5.04. The fraction of sp³-hybridized carbons (Fsp3) is 0.571. The highest BCUT2D eigenvalue weighted by atomic mass is 32.2. The molecule has 5 heteroatoms. The molecule has 0 heterocycles. The second-order valence-corrected chi connectivity index (χ2v) is 7.15. The number of hydrogen-bond donors (Lipinski definition) is 2. The third-order valence-electron chi connectivity index (χ3n) is 3.24. The Morgan fingerprint density at radius 3 is 2.58 bits per heavy atom. The van der Waals surface area contributed by atoms with Gasteiger partial charge in [0.2, 0.25) is 10.0 Å². The molecule has 0 unspecified atom stereocenters. The quantitative estimate of drug-likeness (QED) is 0.838. The van der Waals surface area contributed by atoms with E-state index in [1.807, 2.05) is 32.9 Å². The van der Waals surface area contributed by atoms with Crippen molar-refractivity contribution >= 4 is 10.0 Å². The lowest BCUT2D eigenvalue weighted by atomic mass is 10.1. The molecule has 0 amide bonds. The summed E-state index contributed by atoms with van der Waals surface area (Å²) in [6, 6.07) is 5.98. The van der Waals surface area contributed by atoms with Crippen molar-refractivity contribution in [3.8, 4) is 0 Å². The molecular formula is C14H22N2O2S. The lowest BCUT2D eigenvalue weighted by Crippen LogP contribution is -2.31. The first-order chi connectivity index (χ1) is 8.90. The van der Waals surface area contributed by atoms with Gasteiger partial charge in [-0.25, -0.2) is 13.1 Å². The zero-order chi connectivity index (χ0) is 14.0. The molecule has 19 heavy (non-hydrogen) atoms. The minimum absolute atomic E-state index is 0.0994. The zero-order valence-electron chi connectivity index (χ0n) is 11.7. The highest BCUT2D eigenvalue weighted by molar-refractivity contribution is 7.89. The topological polar surface area (TPSA) is 58.2 Å². The summed E-state index contributed by atoms with van der Waals surface area (Å²) in [6.45, 7) is 6.26. The van der Waals surface area contributed by atoms with Crippen LogP contribution in [0.4, 0.5) is 0 Å². The standard InChI is InChI=1S/C14H22N2O2S/c1-10(2)16-19(17,18)14-6-4-5-12(11(14)3)9-15-13-7-8-13/h4-6,10,13,15-16H,7-9H2,1-3H3. The second-order valence-electron chi connectivity index (χ2n) is 5.47. The van der Waals surface area contributed by atoms with E-state index in [0.717, 1.165) is 17.7 Å². The molecule has 1 fully saturated rings. The van der Waals surface area contributed by atoms with Gasteiger partial charge < -0.3 is 5.32 Å². The average molecular weight is 282 g/mol. The zero-order valence-corrected chi connectivity index (χ0v) is 12.5. The maximum absolute atomic E-state index is 12.2. The van der Waals surface area contributed by atoms with Gasteiger partial charge in [-0.05, 0) is 50.8 Å². The van der Waals surface area contributed by atoms with E-state index in [2.05, 4.69) is 10.0 Å². The van der Waals surface area contributed by atoms with Gasteiger partial charge in [0, 0.05) is 18.6 Å². The summed E-state index contributed by atoms with van der Waals surface area (Å²) in [5.74, 6) is 0. The Hall–Kier alpha value is -0.910. The van der Waals surface area contributed by atoms with Crippen molar-refractivity contribution in [3.63, 3.8) is 0 Å². The van der Waals surface area contributed by atoms with Crippen molar-refractivity contribution in [2.75, 3.05) is 0 Å². The summed E-state index contributed by atoms with van der Waals surface area (Å²) in [6.07, 6.45) is 2.46. The van der Waals surface area contributed by atoms with Crippen LogP contribution in [0.25, 0.3) is 0 Å². The summed E-state index contributed by atoms with van der Waals surface area (Å²) in [5, 5.41) is 3.42. The molecule has 0 bridgehead atoms. The van der Waals surface area contributed by atoms with Gasteiger partial charge in [-0.3, -0.25) is 0 Å². The van der Waals surface area contributed by atoms with E-state index in [1.165, 1.54) is 12.8 Å². The van der Waals surface area contributed by atoms with Gasteiger partial charge in [-0.1, -0.05) is 12.1 Å². The Bertz CT molecular complexity index is 549. The van der Waals surface area contributed by atoms with E-state index in [-0.39, 0.29) is 6.04 Å². The first-order valence-corrected chi connectivity index (χ1v) is 8.22. The number of benzene rings is 1. The Balaban J connectivity index is 2.22. The van der Waals surface area contributed by atoms with Gasteiger partial charge in [0.05, 0.1) is 4.90 Å². The van der Waals surface area contributed by atoms with E-state index < -0.39 is 10.0 Å². The average Bonchev–Trinajstić information content (AvgIpc) is 3.09. The number of rotatable bonds is 6. The van der Waals surface area contributed by atoms with Gasteiger partial charge in [0.25, 0.3) is 0 Å². The van der Waals surface area contributed by atoms with Crippen LogP contribution in [0.15, 0.2) is 23.1 Å². The van der Waals surface area contributed by atoms with Crippen molar-refractivity contribution in [1.82, 2.24) is 10.0 Å². The van der Waals surface area contributed by atoms with Crippen LogP contribution in [0, 0.1) is 6.92 Å². The van der Waals surface area contributed by atoms with Crippen LogP contribution in [0.5, 0.6) is 0 Å². The van der Waals surface area contributed by atoms with Gasteiger partial charge in [0.1, 0.15) is 0 Å². The summed E-state index contributed by atoms with van der Waals surface area (Å²) >= 11 is 0. The van der Waals surface area contributed by atoms with Crippen molar-refractivity contribution in [2.45, 2.75) is 57.1 Å². The Labute approximate surface area is 115 Å². The lowest BCUT2D eigenvalue weighted by Gasteiger charge is -2.14. The smallest absolute Gasteiger partial charge is 0.241 e. The highest BCUT2D eigenvalue weighted by Gasteiger charge is 2.22. The van der Waals surface area contributed by atoms with Gasteiger partial charge in [-0.2, -0.15) is 0 Å². The largest absolute Gasteiger partial charge is 0.310 e. The van der Waals surface area contributed by atoms with Gasteiger partial charge in [0.15, 0.2) is 0 Å². The molecule has 0 aliphatic heterocycles. The molecule has 4 nitrogen and oxygen atoms in total. The molecule has 1 saturated carbocycles. The third kappa shape index (κ3) is 3.78. The van der Waals surface area contributed by atoms with Crippen LogP contribution < -0.4 is 10.0 Å². The fourth-order valence-electron chi connectivity index (χ4n) is 2.06. The van der Waals surface area contributed by atoms with Crippen molar-refractivity contribution in [2.24, 2.45) is 0 Å². The van der Waals surface area contributed by atoms with Crippen LogP contribution in [0.1, 0.15) is 37.8 Å². The summed E-state index contributed by atoms with van der Waals surface area (Å²) in [5.41, 5.74) is 1.89. The number of hydrogen-bond acceptors (Lipinski definition) is 3. The highest BCUT2D eigenvalue weighted by Crippen LogP contribution is 2.22. The Morgan fingerprint density at radius 2 is 2.00 bits per heavy atom. The monoisotopic (exact) mass is 282 g/mol. The molecule has 1 aromatic rings. The van der Waals surface area contributed by atoms with Crippen molar-refractivity contribution < 1.29 is 8.42 Å². The molecule has 2 rings (SSSR count). The van der Waals surface area contributed by atoms with Gasteiger partial charge >= 0.3 is 0 Å². The molecule has 106 valence electrons. The van der Waals surface area contributed by atoms with E-state index >= 15 is 0 Å². The van der Waals surface area contributed by atoms with E-state index in [0.29, 0.717) is 10.9 Å². The van der Waals surface area contributed by atoms with Crippen LogP contribution >= 0.6 is 0 Å². The van der Waals surface area contributed by atoms with Crippen molar-refractivity contribution in [3.05, 3.63) is 29.3 Å². The molecule has 1 aliphatic rings. The number of nitrogens with one attached hydrogen (secondary N) is 2. The lowest BCUT2D eigenvalue weighted by molar-refractivity contribution is 0.569. The molecule has 0 spiro atoms. The summed E-state index contributed by atoms with van der Waals surface area (Å²) in [4.78, 5) is 0.385. The van der Waals surface area contributed by atoms with Crippen LogP contribution in [-0.2, 0) is 16.6 Å². The Kier molecular flexibility index (Phi) is 4.28. The first kappa shape index (κ1) is 14.5. The SMILES string of the molecule is Cc1c(CNC2CC2)cccc1S(=O)(=O)NC(C)C. The number of sulfonamides is 1. The predicted molar refractivity (Wildman–Crippen MR) is 76.5 cm³/mol. The minimum Gasteiger partial charge on any atom is -0.310 e. The maximum Gasteiger partial charge on any atom is 0.241 e. The molecule has 0 radical (unpaired) electrons. The molecule has 1 aliphatic carbocycles.